The molecule has 0 heterocycles. The number of ether oxygens (including phenoxy) is 2. The van der Waals surface area contributed by atoms with E-state index in [1.54, 1.807) is 6.92 Å². The fraction of sp³-hybridized carbons (Fsp3) is 0.680. The van der Waals surface area contributed by atoms with Crippen LogP contribution in [-0.2, 0) is 41.9 Å². The van der Waals surface area contributed by atoms with Crippen molar-refractivity contribution in [1.82, 2.24) is 5.32 Å². The van der Waals surface area contributed by atoms with Crippen LogP contribution in [0.1, 0.15) is 66.7 Å². The largest absolute Gasteiger partial charge is 0.500 e. The molecule has 0 aromatic rings. The van der Waals surface area contributed by atoms with Crippen molar-refractivity contribution >= 4 is 32.4 Å². The quantitative estimate of drug-likeness (QED) is 0.103. The number of Topliss-reactive ketones (excluding diaryl/α,β-unsaturated/α-hetero) is 1. The average molecular weight is 530 g/mol. The first-order valence-electron chi connectivity index (χ1n) is 12.4. The van der Waals surface area contributed by atoms with E-state index in [9.17, 15) is 19.2 Å². The number of hydrogen-bond donors (Lipinski definition) is 1. The Morgan fingerprint density at radius 2 is 1.44 bits per heavy atom. The number of amides is 1. The predicted octanol–water partition coefficient (Wildman–Crippen LogP) is 3.28. The van der Waals surface area contributed by atoms with Crippen molar-refractivity contribution in [2.24, 2.45) is 0 Å². The molecular formula is C25H43NO9Si. The van der Waals surface area contributed by atoms with Crippen LogP contribution in [0.2, 0.25) is 6.04 Å². The molecule has 0 aliphatic heterocycles. The van der Waals surface area contributed by atoms with Gasteiger partial charge in [0.25, 0.3) is 0 Å². The fourth-order valence-corrected chi connectivity index (χ4v) is 5.68. The van der Waals surface area contributed by atoms with Crippen molar-refractivity contribution in [1.29, 1.82) is 0 Å². The van der Waals surface area contributed by atoms with Crippen LogP contribution in [0.3, 0.4) is 0 Å². The van der Waals surface area contributed by atoms with Gasteiger partial charge in [0, 0.05) is 50.8 Å². The highest BCUT2D eigenvalue weighted by Crippen LogP contribution is 2.18. The Kier molecular flexibility index (Phi) is 17.6. The number of carbonyl (C=O) groups excluding carboxylic acids is 4. The maximum absolute atomic E-state index is 12.2. The maximum atomic E-state index is 12.2. The Labute approximate surface area is 216 Å². The number of allylic oxidation sites excluding steroid dienone is 1. The SMILES string of the molecule is C=C(C)C(=O)CC(COC(=O)C(=C)C)OC(=O)CCCC(=O)NCCC[Si](OCC)(OCC)OCC. The Bertz CT molecular complexity index is 737. The molecule has 10 nitrogen and oxygen atoms in total. The van der Waals surface area contributed by atoms with Gasteiger partial charge in [-0.25, -0.2) is 4.79 Å². The molecule has 1 unspecified atom stereocenters. The summed E-state index contributed by atoms with van der Waals surface area (Å²) in [7, 11) is -2.74. The monoisotopic (exact) mass is 529 g/mol. The second-order valence-electron chi connectivity index (χ2n) is 8.19. The van der Waals surface area contributed by atoms with Gasteiger partial charge in [0.05, 0.1) is 6.42 Å². The second-order valence-corrected chi connectivity index (χ2v) is 10.9. The molecule has 1 atom stereocenters. The third kappa shape index (κ3) is 14.9. The lowest BCUT2D eigenvalue weighted by atomic mass is 10.1. The van der Waals surface area contributed by atoms with Gasteiger partial charge in [0.15, 0.2) is 5.78 Å². The molecule has 0 rings (SSSR count). The first kappa shape index (κ1) is 33.7. The number of esters is 2. The van der Waals surface area contributed by atoms with Crippen LogP contribution in [0.5, 0.6) is 0 Å². The van der Waals surface area contributed by atoms with Crippen LogP contribution in [0.4, 0.5) is 0 Å². The summed E-state index contributed by atoms with van der Waals surface area (Å²) in [6.45, 7) is 17.4. The lowest BCUT2D eigenvalue weighted by Crippen LogP contribution is -2.46. The minimum Gasteiger partial charge on any atom is -0.458 e. The van der Waals surface area contributed by atoms with E-state index in [4.69, 9.17) is 22.8 Å². The van der Waals surface area contributed by atoms with E-state index in [1.165, 1.54) is 6.92 Å². The number of rotatable bonds is 21. The zero-order valence-electron chi connectivity index (χ0n) is 22.4. The number of ketones is 1. The topological polar surface area (TPSA) is 126 Å². The predicted molar refractivity (Wildman–Crippen MR) is 137 cm³/mol. The minimum atomic E-state index is -2.74. The normalized spacial score (nSPS) is 11.9. The van der Waals surface area contributed by atoms with Crippen LogP contribution in [-0.4, -0.2) is 71.5 Å². The van der Waals surface area contributed by atoms with Crippen molar-refractivity contribution in [3.8, 4) is 0 Å². The highest BCUT2D eigenvalue weighted by molar-refractivity contribution is 6.60. The summed E-state index contributed by atoms with van der Waals surface area (Å²) in [6.07, 6.45) is -0.0615. The van der Waals surface area contributed by atoms with Crippen LogP contribution >= 0.6 is 0 Å². The molecule has 0 radical (unpaired) electrons. The van der Waals surface area contributed by atoms with Crippen molar-refractivity contribution in [3.05, 3.63) is 24.3 Å². The van der Waals surface area contributed by atoms with Crippen molar-refractivity contribution in [2.75, 3.05) is 33.0 Å². The Morgan fingerprint density at radius 1 is 0.861 bits per heavy atom. The third-order valence-corrected chi connectivity index (χ3v) is 7.95. The van der Waals surface area contributed by atoms with E-state index in [1.807, 2.05) is 20.8 Å². The van der Waals surface area contributed by atoms with Crippen LogP contribution in [0, 0.1) is 0 Å². The maximum Gasteiger partial charge on any atom is 0.500 e. The van der Waals surface area contributed by atoms with E-state index in [0.29, 0.717) is 44.4 Å². The van der Waals surface area contributed by atoms with Gasteiger partial charge in [-0.2, -0.15) is 0 Å². The lowest BCUT2D eigenvalue weighted by molar-refractivity contribution is -0.158. The molecule has 0 saturated carbocycles. The molecule has 1 amide bonds. The Morgan fingerprint density at radius 3 is 1.94 bits per heavy atom. The summed E-state index contributed by atoms with van der Waals surface area (Å²) in [5.41, 5.74) is 0.502. The smallest absolute Gasteiger partial charge is 0.458 e. The summed E-state index contributed by atoms with van der Waals surface area (Å²) in [6, 6.07) is 0.593. The molecule has 11 heteroatoms. The first-order valence-corrected chi connectivity index (χ1v) is 14.3. The fourth-order valence-electron chi connectivity index (χ4n) is 3.07. The van der Waals surface area contributed by atoms with Gasteiger partial charge in [0.2, 0.25) is 5.91 Å². The summed E-state index contributed by atoms with van der Waals surface area (Å²) in [5.74, 6) is -1.72. The lowest BCUT2D eigenvalue weighted by Gasteiger charge is -2.28. The number of hydrogen-bond acceptors (Lipinski definition) is 9. The van der Waals surface area contributed by atoms with Gasteiger partial charge in [-0.3, -0.25) is 14.4 Å². The summed E-state index contributed by atoms with van der Waals surface area (Å²) in [4.78, 5) is 48.0. The van der Waals surface area contributed by atoms with E-state index in [-0.39, 0.29) is 49.6 Å². The second kappa shape index (κ2) is 18.9. The first-order chi connectivity index (χ1) is 17.0. The van der Waals surface area contributed by atoms with Crippen molar-refractivity contribution in [2.45, 2.75) is 78.9 Å². The van der Waals surface area contributed by atoms with E-state index < -0.39 is 26.8 Å². The van der Waals surface area contributed by atoms with Crippen LogP contribution in [0.25, 0.3) is 0 Å². The van der Waals surface area contributed by atoms with Gasteiger partial charge < -0.3 is 28.1 Å². The molecule has 0 fully saturated rings. The zero-order chi connectivity index (χ0) is 27.6. The van der Waals surface area contributed by atoms with Crippen molar-refractivity contribution < 1.29 is 41.9 Å². The van der Waals surface area contributed by atoms with Crippen molar-refractivity contribution in [3.63, 3.8) is 0 Å². The molecule has 0 spiro atoms. The third-order valence-electron chi connectivity index (χ3n) is 4.80. The standard InChI is InChI=1S/C25H43NO9Si/c1-8-32-36(33-9-2,34-10-3)16-12-15-26-23(28)13-11-14-24(29)35-21(17-22(27)19(4)5)18-31-25(30)20(6)7/h21H,4,6,8-18H2,1-3,5,7H3,(H,26,28). The molecule has 36 heavy (non-hydrogen) atoms. The molecule has 1 N–H and O–H groups in total. The van der Waals surface area contributed by atoms with Crippen LogP contribution in [0.15, 0.2) is 24.3 Å². The van der Waals surface area contributed by atoms with Gasteiger partial charge in [-0.15, -0.1) is 0 Å². The molecule has 0 saturated heterocycles. The van der Waals surface area contributed by atoms with Gasteiger partial charge in [0.1, 0.15) is 12.7 Å². The average Bonchev–Trinajstić information content (AvgIpc) is 2.80. The van der Waals surface area contributed by atoms with Gasteiger partial charge in [-0.05, 0) is 53.0 Å². The highest BCUT2D eigenvalue weighted by Gasteiger charge is 2.39. The number of carbonyl (C=O) groups is 4. The number of nitrogens with one attached hydrogen (secondary N) is 1. The Balaban J connectivity index is 4.50. The Hall–Kier alpha value is -2.34. The van der Waals surface area contributed by atoms with E-state index >= 15 is 0 Å². The van der Waals surface area contributed by atoms with E-state index in [0.717, 1.165) is 0 Å². The molecule has 0 bridgehead atoms. The zero-order valence-corrected chi connectivity index (χ0v) is 23.4. The van der Waals surface area contributed by atoms with E-state index in [2.05, 4.69) is 18.5 Å². The molecule has 0 aromatic heterocycles. The molecule has 0 aromatic carbocycles. The van der Waals surface area contributed by atoms with Crippen LogP contribution < -0.4 is 5.32 Å². The summed E-state index contributed by atoms with van der Waals surface area (Å²) < 4.78 is 27.7. The minimum absolute atomic E-state index is 0.0192. The summed E-state index contributed by atoms with van der Waals surface area (Å²) in [5, 5.41) is 2.82. The molecule has 206 valence electrons. The van der Waals surface area contributed by atoms with Gasteiger partial charge >= 0.3 is 20.7 Å². The molecule has 0 aliphatic rings. The highest BCUT2D eigenvalue weighted by atomic mass is 28.4. The molecule has 0 aliphatic carbocycles. The van der Waals surface area contributed by atoms with Gasteiger partial charge in [-0.1, -0.05) is 13.2 Å². The summed E-state index contributed by atoms with van der Waals surface area (Å²) >= 11 is 0. The molecular weight excluding hydrogens is 486 g/mol.